The molecule has 0 fully saturated rings. The van der Waals surface area contributed by atoms with Crippen molar-refractivity contribution in [1.29, 1.82) is 0 Å². The lowest BCUT2D eigenvalue weighted by molar-refractivity contribution is -0.119. The van der Waals surface area contributed by atoms with Gasteiger partial charge in [-0.15, -0.1) is 11.6 Å². The number of imidazole rings is 1. The minimum atomic E-state index is -0.550. The molecule has 0 spiro atoms. The molecule has 0 radical (unpaired) electrons. The van der Waals surface area contributed by atoms with E-state index in [-0.39, 0.29) is 18.2 Å². The predicted molar refractivity (Wildman–Crippen MR) is 75.2 cm³/mol. The van der Waals surface area contributed by atoms with Crippen LogP contribution in [-0.2, 0) is 16.2 Å². The topological polar surface area (TPSA) is 73.8 Å². The van der Waals surface area contributed by atoms with Gasteiger partial charge in [0.2, 0.25) is 5.91 Å². The third kappa shape index (κ3) is 2.67. The molecule has 102 valence electrons. The number of carbonyl (C=O) groups is 1. The van der Waals surface area contributed by atoms with Gasteiger partial charge in [0.05, 0.1) is 16.4 Å². The van der Waals surface area contributed by atoms with E-state index in [1.165, 1.54) is 0 Å². The fourth-order valence-corrected chi connectivity index (χ4v) is 2.55. The molecule has 0 saturated carbocycles. The van der Waals surface area contributed by atoms with E-state index in [0.717, 1.165) is 0 Å². The molecule has 0 unspecified atom stereocenters. The number of primary amides is 1. The third-order valence-electron chi connectivity index (χ3n) is 2.86. The SMILES string of the molecule is CC(C)(CC(N)=O)n1c(CCl)nc2cc(Cl)cnc21. The molecular formula is C12H14Cl2N4O. The van der Waals surface area contributed by atoms with Crippen molar-refractivity contribution in [2.24, 2.45) is 5.73 Å². The summed E-state index contributed by atoms with van der Waals surface area (Å²) in [6.07, 6.45) is 1.72. The Balaban J connectivity index is 2.66. The normalized spacial score (nSPS) is 12.0. The summed E-state index contributed by atoms with van der Waals surface area (Å²) in [5.41, 5.74) is 6.05. The van der Waals surface area contributed by atoms with Crippen LogP contribution in [0.4, 0.5) is 0 Å². The molecular weight excluding hydrogens is 287 g/mol. The minimum absolute atomic E-state index is 0.173. The van der Waals surface area contributed by atoms with Gasteiger partial charge in [-0.3, -0.25) is 4.79 Å². The van der Waals surface area contributed by atoms with Gasteiger partial charge in [-0.1, -0.05) is 11.6 Å². The summed E-state index contributed by atoms with van der Waals surface area (Å²) in [4.78, 5) is 19.9. The molecule has 0 atom stereocenters. The monoisotopic (exact) mass is 300 g/mol. The fraction of sp³-hybridized carbons (Fsp3) is 0.417. The second kappa shape index (κ2) is 4.98. The second-order valence-corrected chi connectivity index (χ2v) is 5.65. The molecule has 0 saturated heterocycles. The molecule has 7 heteroatoms. The van der Waals surface area contributed by atoms with Crippen LogP contribution in [0.25, 0.3) is 11.2 Å². The number of aromatic nitrogens is 3. The van der Waals surface area contributed by atoms with Gasteiger partial charge >= 0.3 is 0 Å². The average Bonchev–Trinajstić information content (AvgIpc) is 2.65. The summed E-state index contributed by atoms with van der Waals surface area (Å²) in [5, 5.41) is 0.506. The van der Waals surface area contributed by atoms with Gasteiger partial charge in [-0.2, -0.15) is 0 Å². The Morgan fingerprint density at radius 2 is 2.21 bits per heavy atom. The number of nitrogens with zero attached hydrogens (tertiary/aromatic N) is 3. The number of rotatable bonds is 4. The van der Waals surface area contributed by atoms with Crippen molar-refractivity contribution in [2.45, 2.75) is 31.7 Å². The van der Waals surface area contributed by atoms with Crippen molar-refractivity contribution in [3.63, 3.8) is 0 Å². The highest BCUT2D eigenvalue weighted by Gasteiger charge is 2.28. The van der Waals surface area contributed by atoms with Crippen LogP contribution in [0.15, 0.2) is 12.3 Å². The maximum atomic E-state index is 11.2. The van der Waals surface area contributed by atoms with Gasteiger partial charge in [0.25, 0.3) is 0 Å². The average molecular weight is 301 g/mol. The van der Waals surface area contributed by atoms with Crippen molar-refractivity contribution in [1.82, 2.24) is 14.5 Å². The summed E-state index contributed by atoms with van der Waals surface area (Å²) in [6.45, 7) is 3.79. The maximum Gasteiger partial charge on any atom is 0.219 e. The zero-order valence-electron chi connectivity index (χ0n) is 10.7. The number of halogens is 2. The molecule has 2 rings (SSSR count). The first-order chi connectivity index (χ1) is 8.85. The first-order valence-corrected chi connectivity index (χ1v) is 6.64. The van der Waals surface area contributed by atoms with E-state index >= 15 is 0 Å². The van der Waals surface area contributed by atoms with Crippen LogP contribution in [-0.4, -0.2) is 20.4 Å². The molecule has 2 N–H and O–H groups in total. The van der Waals surface area contributed by atoms with Crippen LogP contribution in [0.3, 0.4) is 0 Å². The molecule has 0 aliphatic heterocycles. The number of hydrogen-bond donors (Lipinski definition) is 1. The Kier molecular flexibility index (Phi) is 3.69. The fourth-order valence-electron chi connectivity index (χ4n) is 2.22. The minimum Gasteiger partial charge on any atom is -0.370 e. The summed E-state index contributed by atoms with van der Waals surface area (Å²) in [6, 6.07) is 1.72. The number of amides is 1. The highest BCUT2D eigenvalue weighted by molar-refractivity contribution is 6.31. The zero-order chi connectivity index (χ0) is 14.2. The molecule has 0 aliphatic rings. The van der Waals surface area contributed by atoms with Gasteiger partial charge < -0.3 is 10.3 Å². The second-order valence-electron chi connectivity index (χ2n) is 4.95. The van der Waals surface area contributed by atoms with Gasteiger partial charge in [-0.25, -0.2) is 9.97 Å². The van der Waals surface area contributed by atoms with E-state index in [2.05, 4.69) is 9.97 Å². The molecule has 2 heterocycles. The van der Waals surface area contributed by atoms with E-state index in [9.17, 15) is 4.79 Å². The molecule has 1 amide bonds. The summed E-state index contributed by atoms with van der Waals surface area (Å²) >= 11 is 11.8. The molecule has 0 aromatic carbocycles. The Hall–Kier alpha value is -1.33. The Morgan fingerprint density at radius 1 is 1.53 bits per heavy atom. The maximum absolute atomic E-state index is 11.2. The van der Waals surface area contributed by atoms with Crippen LogP contribution < -0.4 is 5.73 Å². The number of alkyl halides is 1. The van der Waals surface area contributed by atoms with Crippen LogP contribution in [0.1, 0.15) is 26.1 Å². The number of fused-ring (bicyclic) bond motifs is 1. The molecule has 5 nitrogen and oxygen atoms in total. The number of hydrogen-bond acceptors (Lipinski definition) is 3. The highest BCUT2D eigenvalue weighted by atomic mass is 35.5. The Morgan fingerprint density at radius 3 is 2.79 bits per heavy atom. The van der Waals surface area contributed by atoms with E-state index in [1.54, 1.807) is 12.3 Å². The quantitative estimate of drug-likeness (QED) is 0.881. The van der Waals surface area contributed by atoms with Crippen molar-refractivity contribution < 1.29 is 4.79 Å². The van der Waals surface area contributed by atoms with E-state index < -0.39 is 5.54 Å². The third-order valence-corrected chi connectivity index (χ3v) is 3.31. The smallest absolute Gasteiger partial charge is 0.219 e. The van der Waals surface area contributed by atoms with Crippen LogP contribution in [0, 0.1) is 0 Å². The standard InChI is InChI=1S/C12H14Cl2N4O/c1-12(2,4-9(15)19)18-10(5-13)17-8-3-7(14)6-16-11(8)18/h3,6H,4-5H2,1-2H3,(H2,15,19). The van der Waals surface area contributed by atoms with Crippen molar-refractivity contribution in [2.75, 3.05) is 0 Å². The molecule has 0 aliphatic carbocycles. The van der Waals surface area contributed by atoms with E-state index in [0.29, 0.717) is 22.0 Å². The van der Waals surface area contributed by atoms with E-state index in [4.69, 9.17) is 28.9 Å². The highest BCUT2D eigenvalue weighted by Crippen LogP contribution is 2.28. The van der Waals surface area contributed by atoms with E-state index in [1.807, 2.05) is 18.4 Å². The summed E-state index contributed by atoms with van der Waals surface area (Å²) in [5.74, 6) is 0.468. The lowest BCUT2D eigenvalue weighted by Gasteiger charge is -2.27. The number of pyridine rings is 1. The number of nitrogens with two attached hydrogens (primary N) is 1. The van der Waals surface area contributed by atoms with Crippen molar-refractivity contribution >= 4 is 40.3 Å². The van der Waals surface area contributed by atoms with Crippen LogP contribution in [0.2, 0.25) is 5.02 Å². The van der Waals surface area contributed by atoms with Gasteiger partial charge in [0.1, 0.15) is 11.3 Å². The Labute approximate surface area is 120 Å². The summed E-state index contributed by atoms with van der Waals surface area (Å²) < 4.78 is 1.84. The summed E-state index contributed by atoms with van der Waals surface area (Å²) in [7, 11) is 0. The van der Waals surface area contributed by atoms with Crippen molar-refractivity contribution in [3.05, 3.63) is 23.1 Å². The van der Waals surface area contributed by atoms with Crippen molar-refractivity contribution in [3.8, 4) is 0 Å². The molecule has 2 aromatic rings. The lowest BCUT2D eigenvalue weighted by Crippen LogP contribution is -2.33. The predicted octanol–water partition coefficient (Wildman–Crippen LogP) is 2.43. The van der Waals surface area contributed by atoms with Gasteiger partial charge in [0, 0.05) is 12.6 Å². The number of carbonyl (C=O) groups excluding carboxylic acids is 1. The van der Waals surface area contributed by atoms with Crippen LogP contribution in [0.5, 0.6) is 0 Å². The largest absolute Gasteiger partial charge is 0.370 e. The van der Waals surface area contributed by atoms with Gasteiger partial charge in [-0.05, 0) is 19.9 Å². The molecule has 2 aromatic heterocycles. The van der Waals surface area contributed by atoms with Gasteiger partial charge in [0.15, 0.2) is 5.65 Å². The first kappa shape index (κ1) is 14.1. The zero-order valence-corrected chi connectivity index (χ0v) is 12.2. The Bertz CT molecular complexity index is 636. The molecule has 0 bridgehead atoms. The molecule has 19 heavy (non-hydrogen) atoms. The van der Waals surface area contributed by atoms with Crippen LogP contribution >= 0.6 is 23.2 Å². The first-order valence-electron chi connectivity index (χ1n) is 5.73. The lowest BCUT2D eigenvalue weighted by atomic mass is 9.99.